The highest BCUT2D eigenvalue weighted by molar-refractivity contribution is 6.29. The van der Waals surface area contributed by atoms with Gasteiger partial charge in [-0.1, -0.05) is 54.1 Å². The van der Waals surface area contributed by atoms with Gasteiger partial charge in [-0.2, -0.15) is 15.3 Å². The molecule has 0 aliphatic heterocycles. The molecule has 0 spiro atoms. The molecule has 0 saturated heterocycles. The van der Waals surface area contributed by atoms with E-state index in [1.807, 2.05) is 57.2 Å². The van der Waals surface area contributed by atoms with Gasteiger partial charge in [0.15, 0.2) is 5.15 Å². The largest absolute Gasteiger partial charge is 0.444 e. The van der Waals surface area contributed by atoms with Crippen LogP contribution in [0.3, 0.4) is 0 Å². The molecule has 246 valence electrons. The summed E-state index contributed by atoms with van der Waals surface area (Å²) in [7, 11) is 0. The maximum atomic E-state index is 11.7. The molecular formula is C32H40ClN7O6. The van der Waals surface area contributed by atoms with Crippen LogP contribution in [-0.4, -0.2) is 54.2 Å². The molecule has 46 heavy (non-hydrogen) atoms. The first-order valence-corrected chi connectivity index (χ1v) is 14.5. The van der Waals surface area contributed by atoms with Gasteiger partial charge in [-0.15, -0.1) is 10.3 Å². The van der Waals surface area contributed by atoms with Gasteiger partial charge in [0.25, 0.3) is 0 Å². The van der Waals surface area contributed by atoms with E-state index in [-0.39, 0.29) is 17.5 Å². The van der Waals surface area contributed by atoms with Crippen LogP contribution in [0.15, 0.2) is 85.2 Å². The summed E-state index contributed by atoms with van der Waals surface area (Å²) in [6, 6.07) is 21.5. The molecule has 2 amide bonds. The van der Waals surface area contributed by atoms with Crippen LogP contribution >= 0.6 is 11.6 Å². The van der Waals surface area contributed by atoms with Gasteiger partial charge in [0.1, 0.15) is 11.2 Å². The van der Waals surface area contributed by atoms with E-state index < -0.39 is 23.4 Å². The number of benzene rings is 2. The van der Waals surface area contributed by atoms with Crippen LogP contribution in [0.4, 0.5) is 15.3 Å². The lowest BCUT2D eigenvalue weighted by atomic mass is 10.0. The van der Waals surface area contributed by atoms with Gasteiger partial charge in [0.2, 0.25) is 0 Å². The second kappa shape index (κ2) is 18.2. The quantitative estimate of drug-likeness (QED) is 0.165. The summed E-state index contributed by atoms with van der Waals surface area (Å²) >= 11 is 5.37. The molecule has 4 rings (SSSR count). The van der Waals surface area contributed by atoms with Crippen LogP contribution in [-0.2, 0) is 22.6 Å². The van der Waals surface area contributed by atoms with E-state index in [9.17, 15) is 9.59 Å². The predicted octanol–water partition coefficient (Wildman–Crippen LogP) is 6.59. The van der Waals surface area contributed by atoms with E-state index in [0.29, 0.717) is 17.3 Å². The third kappa shape index (κ3) is 15.2. The minimum atomic E-state index is -0.566. The number of hydrogen-bond acceptors (Lipinski definition) is 11. The molecule has 0 fully saturated rings. The number of rotatable bonds is 6. The Morgan fingerprint density at radius 3 is 1.67 bits per heavy atom. The van der Waals surface area contributed by atoms with Crippen LogP contribution in [0.1, 0.15) is 52.7 Å². The van der Waals surface area contributed by atoms with Gasteiger partial charge in [0.05, 0.1) is 11.4 Å². The summed E-state index contributed by atoms with van der Waals surface area (Å²) in [5.41, 5.74) is 2.38. The van der Waals surface area contributed by atoms with E-state index in [0.717, 1.165) is 16.8 Å². The monoisotopic (exact) mass is 653 g/mol. The maximum Gasteiger partial charge on any atom is 0.407 e. The second-order valence-corrected chi connectivity index (χ2v) is 11.8. The minimum Gasteiger partial charge on any atom is -0.444 e. The zero-order chi connectivity index (χ0) is 34.2. The smallest absolute Gasteiger partial charge is 0.407 e. The summed E-state index contributed by atoms with van der Waals surface area (Å²) in [5, 5.41) is 38.7. The molecule has 0 atom stereocenters. The van der Waals surface area contributed by atoms with Crippen molar-refractivity contribution in [3.8, 4) is 11.3 Å². The number of nitrogens with one attached hydrogen (secondary N) is 2. The van der Waals surface area contributed by atoms with Crippen molar-refractivity contribution in [2.45, 2.75) is 65.8 Å². The lowest BCUT2D eigenvalue weighted by Crippen LogP contribution is -2.32. The first-order chi connectivity index (χ1) is 21.6. The molecule has 2 heterocycles. The molecule has 0 unspecified atom stereocenters. The topological polar surface area (TPSA) is 172 Å². The van der Waals surface area contributed by atoms with Crippen LogP contribution in [0.2, 0.25) is 5.15 Å². The Morgan fingerprint density at radius 1 is 0.717 bits per heavy atom. The summed E-state index contributed by atoms with van der Waals surface area (Å²) in [5.74, 6) is 0. The maximum absolute atomic E-state index is 11.7. The summed E-state index contributed by atoms with van der Waals surface area (Å²) in [4.78, 5) is 23.2. The molecule has 0 radical (unpaired) electrons. The zero-order valence-electron chi connectivity index (χ0n) is 26.6. The molecule has 0 aliphatic carbocycles. The molecule has 0 aliphatic rings. The average molecular weight is 654 g/mol. The lowest BCUT2D eigenvalue weighted by Gasteiger charge is -2.20. The summed E-state index contributed by atoms with van der Waals surface area (Å²) < 4.78 is 10.3. The van der Waals surface area contributed by atoms with Gasteiger partial charge >= 0.3 is 12.2 Å². The minimum absolute atomic E-state index is 0.0199. The zero-order valence-corrected chi connectivity index (χ0v) is 27.4. The van der Waals surface area contributed by atoms with Crippen molar-refractivity contribution in [1.82, 2.24) is 31.0 Å². The van der Waals surface area contributed by atoms with Crippen LogP contribution in [0, 0.1) is 0 Å². The Hall–Kier alpha value is -4.85. The van der Waals surface area contributed by atoms with Crippen molar-refractivity contribution in [3.63, 3.8) is 0 Å². The van der Waals surface area contributed by atoms with Crippen molar-refractivity contribution >= 4 is 29.5 Å². The molecule has 4 N–H and O–H groups in total. The van der Waals surface area contributed by atoms with Gasteiger partial charge < -0.3 is 20.1 Å². The molecule has 0 bridgehead atoms. The molecule has 4 aromatic rings. The molecule has 2 aromatic heterocycles. The number of ether oxygens (including phenoxy) is 2. The number of anilines is 1. The van der Waals surface area contributed by atoms with Gasteiger partial charge in [-0.25, -0.2) is 9.59 Å². The Kier molecular flexibility index (Phi) is 14.8. The van der Waals surface area contributed by atoms with Crippen molar-refractivity contribution in [1.29, 1.82) is 0 Å². The number of nitrogens with zero attached hydrogens (tertiary/aromatic N) is 5. The normalized spacial score (nSPS) is 10.6. The third-order valence-corrected chi connectivity index (χ3v) is 5.46. The molecule has 13 nitrogen and oxygen atoms in total. The van der Waals surface area contributed by atoms with Crippen LogP contribution in [0.25, 0.3) is 11.3 Å². The molecule has 14 heteroatoms. The van der Waals surface area contributed by atoms with Crippen LogP contribution < -0.4 is 15.9 Å². The van der Waals surface area contributed by atoms with Crippen molar-refractivity contribution in [2.75, 3.05) is 5.23 Å². The van der Waals surface area contributed by atoms with Crippen molar-refractivity contribution in [3.05, 3.63) is 101 Å². The lowest BCUT2D eigenvalue weighted by molar-refractivity contribution is 0.0283. The fraction of sp³-hybridized carbons (Fsp3) is 0.312. The highest BCUT2D eigenvalue weighted by atomic mass is 35.5. The summed E-state index contributed by atoms with van der Waals surface area (Å²) in [6.45, 7) is 11.3. The number of para-hydroxylation sites is 1. The van der Waals surface area contributed by atoms with Crippen LogP contribution in [0.5, 0.6) is 0 Å². The van der Waals surface area contributed by atoms with Gasteiger partial charge in [-0.05, 0) is 83.0 Å². The van der Waals surface area contributed by atoms with Crippen molar-refractivity contribution < 1.29 is 29.5 Å². The average Bonchev–Trinajstić information content (AvgIpc) is 2.99. The number of hydrogen-bond donors (Lipinski definition) is 4. The number of amides is 2. The van der Waals surface area contributed by atoms with E-state index in [1.54, 1.807) is 63.5 Å². The fourth-order valence-electron chi connectivity index (χ4n) is 3.47. The number of carbonyl (C=O) groups is 2. The molecule has 0 saturated carbocycles. The highest BCUT2D eigenvalue weighted by Gasteiger charge is 2.17. The van der Waals surface area contributed by atoms with E-state index in [1.165, 1.54) is 6.07 Å². The Balaban J connectivity index is 0.000000267. The molecular weight excluding hydrogens is 614 g/mol. The summed E-state index contributed by atoms with van der Waals surface area (Å²) in [6.07, 6.45) is 2.22. The van der Waals surface area contributed by atoms with E-state index in [4.69, 9.17) is 31.5 Å². The number of halogens is 1. The Labute approximate surface area is 273 Å². The fourth-order valence-corrected chi connectivity index (χ4v) is 3.59. The number of alkyl carbamates (subject to hydrolysis) is 2. The Bertz CT molecular complexity index is 1500. The second-order valence-electron chi connectivity index (χ2n) is 11.4. The number of aromatic nitrogens is 4. The van der Waals surface area contributed by atoms with E-state index >= 15 is 0 Å². The van der Waals surface area contributed by atoms with Crippen molar-refractivity contribution in [2.24, 2.45) is 0 Å². The third-order valence-electron chi connectivity index (χ3n) is 5.26. The first-order valence-electron chi connectivity index (χ1n) is 14.1. The van der Waals surface area contributed by atoms with E-state index in [2.05, 4.69) is 31.0 Å². The van der Waals surface area contributed by atoms with Gasteiger partial charge in [-0.3, -0.25) is 10.4 Å². The standard InChI is InChI=1S/C16H19N3O2.C12H18N2O4.C4H3ClN2/c1-16(2,3)21-15(20)17-11-12-7-4-5-8-13(12)14-9-6-10-18-19-14;1-12(2,3)18-11(15)13-8-9-6-4-5-7-10(9)14(16)17;5-4-2-1-3-6-7-4/h4-10H,11H2,1-3H3,(H,17,20);4-7,16-17H,8H2,1-3H3,(H,13,15);1-3H. The number of carbonyl (C=O) groups excluding carboxylic acids is 2. The predicted molar refractivity (Wildman–Crippen MR) is 173 cm³/mol. The highest BCUT2D eigenvalue weighted by Crippen LogP contribution is 2.21. The first kappa shape index (κ1) is 37.3. The SMILES string of the molecule is CC(C)(C)OC(=O)NCc1ccccc1-c1cccnn1.CC(C)(C)OC(=O)NCc1ccccc1N(O)O.Clc1cccnn1. The molecule has 2 aromatic carbocycles. The Morgan fingerprint density at radius 2 is 1.22 bits per heavy atom. The van der Waals surface area contributed by atoms with Gasteiger partial charge in [0, 0.05) is 31.0 Å².